The molecule has 2 saturated heterocycles. The minimum atomic E-state index is -4.87. The van der Waals surface area contributed by atoms with E-state index in [9.17, 15) is 13.2 Å². The number of pyridine rings is 2. The molecule has 5 heterocycles. The fourth-order valence-corrected chi connectivity index (χ4v) is 5.76. The van der Waals surface area contributed by atoms with Gasteiger partial charge in [0.2, 0.25) is 5.88 Å². The number of nitrogens with one attached hydrogen (secondary N) is 1. The lowest BCUT2D eigenvalue weighted by Crippen LogP contribution is -2.71. The van der Waals surface area contributed by atoms with Gasteiger partial charge in [0.1, 0.15) is 28.2 Å². The lowest BCUT2D eigenvalue weighted by Gasteiger charge is -2.55. The maximum atomic E-state index is 16.6. The highest BCUT2D eigenvalue weighted by Gasteiger charge is 2.53. The number of aliphatic imine (C=N–C) groups is 1. The van der Waals surface area contributed by atoms with Crippen molar-refractivity contribution >= 4 is 29.3 Å². The van der Waals surface area contributed by atoms with E-state index in [0.717, 1.165) is 45.5 Å². The quantitative estimate of drug-likeness (QED) is 0.156. The summed E-state index contributed by atoms with van der Waals surface area (Å²) >= 11 is 0. The zero-order valence-corrected chi connectivity index (χ0v) is 25.4. The first-order chi connectivity index (χ1) is 21.4. The monoisotopic (exact) mass is 632 g/mol. The first-order valence-electron chi connectivity index (χ1n) is 15.0. The predicted molar refractivity (Wildman–Crippen MR) is 160 cm³/mol. The minimum Gasteiger partial charge on any atom is -0.474 e. The van der Waals surface area contributed by atoms with Crippen LogP contribution in [0.1, 0.15) is 44.4 Å². The average Bonchev–Trinajstić information content (AvgIpc) is 3.74. The second kappa shape index (κ2) is 11.8. The van der Waals surface area contributed by atoms with Gasteiger partial charge in [-0.15, -0.1) is 0 Å². The molecular weight excluding hydrogens is 596 g/mol. The van der Waals surface area contributed by atoms with E-state index in [1.807, 2.05) is 6.92 Å². The number of ether oxygens (including phenoxy) is 3. The van der Waals surface area contributed by atoms with Gasteiger partial charge in [-0.05, 0) is 45.9 Å². The van der Waals surface area contributed by atoms with E-state index in [0.29, 0.717) is 31.7 Å². The Kier molecular flexibility index (Phi) is 8.18. The van der Waals surface area contributed by atoms with Crippen LogP contribution in [0.15, 0.2) is 11.1 Å². The number of nitrogen functional groups attached to an aromatic ring is 1. The highest BCUT2D eigenvalue weighted by molar-refractivity contribution is 5.96. The van der Waals surface area contributed by atoms with Gasteiger partial charge in [-0.25, -0.2) is 14.4 Å². The molecule has 3 aromatic heterocycles. The molecule has 3 aliphatic rings. The van der Waals surface area contributed by atoms with Crippen molar-refractivity contribution in [3.8, 4) is 23.1 Å². The molecule has 1 saturated carbocycles. The van der Waals surface area contributed by atoms with E-state index < -0.39 is 40.6 Å². The molecule has 0 radical (unpaired) electrons. The number of alkyl halides is 3. The van der Waals surface area contributed by atoms with Crippen LogP contribution in [-0.2, 0) is 10.9 Å². The Hall–Kier alpha value is -3.85. The zero-order chi connectivity index (χ0) is 32.1. The number of fused-ring (bicyclic) bond motifs is 2. The van der Waals surface area contributed by atoms with Gasteiger partial charge in [0.25, 0.3) is 0 Å². The number of nitrogens with two attached hydrogens (primary N) is 1. The Labute approximate surface area is 257 Å². The predicted octanol–water partition coefficient (Wildman–Crippen LogP) is 4.67. The van der Waals surface area contributed by atoms with E-state index >= 15 is 4.39 Å². The molecule has 15 heteroatoms. The SMILES string of the molecule is C=NCCNc1nc(OCC2(CN3CC4OCC43)CC2)nc2c(F)c(-c3cc(N)nc(C)c3C(F)(F)F)nc(OC(C)CC)c12. The number of halogens is 4. The molecule has 6 rings (SSSR count). The topological polar surface area (TPSA) is 133 Å². The van der Waals surface area contributed by atoms with Crippen molar-refractivity contribution in [1.82, 2.24) is 24.8 Å². The molecule has 3 unspecified atom stereocenters. The summed E-state index contributed by atoms with van der Waals surface area (Å²) in [5.41, 5.74) is 2.69. The smallest absolute Gasteiger partial charge is 0.418 e. The van der Waals surface area contributed by atoms with Crippen LogP contribution < -0.4 is 20.5 Å². The Morgan fingerprint density at radius 3 is 2.64 bits per heavy atom. The number of aromatic nitrogens is 4. The number of nitrogens with zero attached hydrogens (tertiary/aromatic N) is 6. The second-order valence-corrected chi connectivity index (χ2v) is 12.1. The molecule has 3 N–H and O–H groups in total. The van der Waals surface area contributed by atoms with Crippen LogP contribution in [0.5, 0.6) is 11.9 Å². The van der Waals surface area contributed by atoms with Crippen LogP contribution in [0.25, 0.3) is 22.2 Å². The summed E-state index contributed by atoms with van der Waals surface area (Å²) < 4.78 is 77.1. The Morgan fingerprint density at radius 2 is 2.04 bits per heavy atom. The van der Waals surface area contributed by atoms with Crippen molar-refractivity contribution in [3.05, 3.63) is 23.1 Å². The zero-order valence-electron chi connectivity index (χ0n) is 25.4. The Bertz CT molecular complexity index is 1620. The number of morpholine rings is 1. The van der Waals surface area contributed by atoms with Crippen LogP contribution in [0.4, 0.5) is 29.2 Å². The van der Waals surface area contributed by atoms with Crippen molar-refractivity contribution in [2.24, 2.45) is 10.4 Å². The Balaban J connectivity index is 1.45. The normalized spacial score (nSPS) is 21.0. The lowest BCUT2D eigenvalue weighted by atomic mass is 9.92. The van der Waals surface area contributed by atoms with E-state index in [1.165, 1.54) is 0 Å². The highest BCUT2D eigenvalue weighted by atomic mass is 19.4. The molecule has 45 heavy (non-hydrogen) atoms. The van der Waals surface area contributed by atoms with E-state index in [1.54, 1.807) is 6.92 Å². The largest absolute Gasteiger partial charge is 0.474 e. The summed E-state index contributed by atoms with van der Waals surface area (Å²) in [6.07, 6.45) is -2.50. The summed E-state index contributed by atoms with van der Waals surface area (Å²) in [4.78, 5) is 23.2. The van der Waals surface area contributed by atoms with Gasteiger partial charge in [-0.3, -0.25) is 9.89 Å². The van der Waals surface area contributed by atoms with Gasteiger partial charge >= 0.3 is 12.2 Å². The second-order valence-electron chi connectivity index (χ2n) is 12.1. The molecule has 3 fully saturated rings. The summed E-state index contributed by atoms with van der Waals surface area (Å²) in [5, 5.41) is 3.17. The third-order valence-electron chi connectivity index (χ3n) is 8.74. The first kappa shape index (κ1) is 31.1. The van der Waals surface area contributed by atoms with E-state index in [2.05, 4.69) is 41.9 Å². The standard InChI is InChI=1S/C30H36F4N8O3/c1-5-15(2)45-27-21-25(23(31)24(39-27)17-10-20(35)38-16(3)22(17)30(32,33)34)40-28(41-26(21)37-9-8-36-4)44-14-29(6-7-29)13-42-11-19-18(42)12-43-19/h10,15,18-19H,4-9,11-14H2,1-3H3,(H2,35,38)(H,37,40,41). The van der Waals surface area contributed by atoms with Gasteiger partial charge in [-0.2, -0.15) is 23.1 Å². The van der Waals surface area contributed by atoms with E-state index in [4.69, 9.17) is 19.9 Å². The molecular formula is C30H36F4N8O3. The molecule has 1 aliphatic carbocycles. The average molecular weight is 633 g/mol. The summed E-state index contributed by atoms with van der Waals surface area (Å²) in [7, 11) is 0. The third-order valence-corrected chi connectivity index (χ3v) is 8.74. The molecule has 0 spiro atoms. The van der Waals surface area contributed by atoms with Crippen molar-refractivity contribution in [2.45, 2.75) is 64.5 Å². The molecule has 3 atom stereocenters. The number of likely N-dealkylation sites (tertiary alicyclic amines) is 1. The van der Waals surface area contributed by atoms with Gasteiger partial charge in [0.15, 0.2) is 5.82 Å². The molecule has 3 aromatic rings. The minimum absolute atomic E-state index is 0.0676. The summed E-state index contributed by atoms with van der Waals surface area (Å²) in [6.45, 7) is 11.7. The molecule has 0 amide bonds. The van der Waals surface area contributed by atoms with Crippen molar-refractivity contribution in [2.75, 3.05) is 50.4 Å². The fraction of sp³-hybridized carbons (Fsp3) is 0.567. The van der Waals surface area contributed by atoms with Gasteiger partial charge in [0.05, 0.1) is 49.3 Å². The van der Waals surface area contributed by atoms with Gasteiger partial charge in [-0.1, -0.05) is 6.92 Å². The Morgan fingerprint density at radius 1 is 1.27 bits per heavy atom. The molecule has 11 nitrogen and oxygen atoms in total. The summed E-state index contributed by atoms with van der Waals surface area (Å²) in [5.74, 6) is -1.31. The summed E-state index contributed by atoms with van der Waals surface area (Å²) in [6, 6.07) is 1.28. The maximum absolute atomic E-state index is 16.6. The molecule has 2 aliphatic heterocycles. The van der Waals surface area contributed by atoms with Crippen LogP contribution in [-0.4, -0.2) is 89.2 Å². The van der Waals surface area contributed by atoms with Crippen molar-refractivity contribution in [1.29, 1.82) is 0 Å². The molecule has 0 aromatic carbocycles. The number of rotatable bonds is 13. The van der Waals surface area contributed by atoms with Gasteiger partial charge in [0, 0.05) is 30.6 Å². The third kappa shape index (κ3) is 6.07. The lowest BCUT2D eigenvalue weighted by molar-refractivity contribution is -0.218. The number of anilines is 2. The van der Waals surface area contributed by atoms with Crippen LogP contribution in [0.2, 0.25) is 0 Å². The van der Waals surface area contributed by atoms with Crippen LogP contribution in [0, 0.1) is 18.2 Å². The van der Waals surface area contributed by atoms with Crippen LogP contribution >= 0.6 is 0 Å². The number of aryl methyl sites for hydroxylation is 1. The van der Waals surface area contributed by atoms with Crippen LogP contribution in [0.3, 0.4) is 0 Å². The molecule has 0 bridgehead atoms. The maximum Gasteiger partial charge on any atom is 0.418 e. The molecule has 242 valence electrons. The number of hydrogen-bond donors (Lipinski definition) is 2. The fourth-order valence-electron chi connectivity index (χ4n) is 5.76. The highest BCUT2D eigenvalue weighted by Crippen LogP contribution is 2.49. The van der Waals surface area contributed by atoms with E-state index in [-0.39, 0.29) is 46.4 Å². The first-order valence-corrected chi connectivity index (χ1v) is 15.0. The number of hydrogen-bond acceptors (Lipinski definition) is 11. The van der Waals surface area contributed by atoms with Crippen molar-refractivity contribution in [3.63, 3.8) is 0 Å². The van der Waals surface area contributed by atoms with Gasteiger partial charge < -0.3 is 25.3 Å². The van der Waals surface area contributed by atoms with Crippen molar-refractivity contribution < 1.29 is 31.8 Å².